The molecule has 0 spiro atoms. The molecule has 5 rings (SSSR count). The number of aromatic nitrogens is 5. The Morgan fingerprint density at radius 2 is 1.67 bits per heavy atom. The van der Waals surface area contributed by atoms with Crippen LogP contribution in [-0.4, -0.2) is 32.3 Å². The van der Waals surface area contributed by atoms with Crippen LogP contribution in [0.5, 0.6) is 11.6 Å². The summed E-state index contributed by atoms with van der Waals surface area (Å²) in [7, 11) is 1.65. The molecule has 9 heteroatoms. The van der Waals surface area contributed by atoms with Gasteiger partial charge in [-0.15, -0.1) is 10.2 Å². The fourth-order valence-electron chi connectivity index (χ4n) is 3.60. The van der Waals surface area contributed by atoms with Crippen LogP contribution in [0.2, 0.25) is 0 Å². The predicted octanol–water partition coefficient (Wildman–Crippen LogP) is 5.26. The Bertz CT molecular complexity index is 1460. The van der Waals surface area contributed by atoms with E-state index < -0.39 is 0 Å². The molecule has 5 aromatic rings. The van der Waals surface area contributed by atoms with Gasteiger partial charge in [0.1, 0.15) is 5.75 Å². The first-order valence-electron chi connectivity index (χ1n) is 11.2. The molecule has 0 aliphatic rings. The van der Waals surface area contributed by atoms with Gasteiger partial charge in [-0.3, -0.25) is 0 Å². The molecule has 3 N–H and O–H groups in total. The molecule has 0 aliphatic carbocycles. The third kappa shape index (κ3) is 5.26. The minimum atomic E-state index is 0.186. The third-order valence-corrected chi connectivity index (χ3v) is 5.30. The normalized spacial score (nSPS) is 10.7. The zero-order valence-electron chi connectivity index (χ0n) is 19.5. The number of methoxy groups -OCH3 is 1. The van der Waals surface area contributed by atoms with E-state index in [-0.39, 0.29) is 5.95 Å². The second kappa shape index (κ2) is 10.6. The van der Waals surface area contributed by atoms with E-state index in [1.807, 2.05) is 72.8 Å². The van der Waals surface area contributed by atoms with Gasteiger partial charge >= 0.3 is 0 Å². The molecule has 178 valence electrons. The summed E-state index contributed by atoms with van der Waals surface area (Å²) in [5, 5.41) is 12.1. The van der Waals surface area contributed by atoms with Crippen LogP contribution in [0.3, 0.4) is 0 Å². The largest absolute Gasteiger partial charge is 0.438 e. The van der Waals surface area contributed by atoms with Crippen LogP contribution < -0.4 is 15.8 Å². The van der Waals surface area contributed by atoms with E-state index in [1.54, 1.807) is 25.6 Å². The minimum absolute atomic E-state index is 0.186. The number of nitrogens with zero attached hydrogens (tertiary/aromatic N) is 5. The monoisotopic (exact) mass is 477 g/mol. The fraction of sp³-hybridized carbons (Fsp3) is 0.0741. The Balaban J connectivity index is 1.34. The summed E-state index contributed by atoms with van der Waals surface area (Å²) in [6, 6.07) is 24.8. The van der Waals surface area contributed by atoms with Crippen molar-refractivity contribution >= 4 is 17.5 Å². The molecule has 36 heavy (non-hydrogen) atoms. The summed E-state index contributed by atoms with van der Waals surface area (Å²) < 4.78 is 11.4. The van der Waals surface area contributed by atoms with Crippen LogP contribution in [-0.2, 0) is 11.3 Å². The van der Waals surface area contributed by atoms with Crippen molar-refractivity contribution in [3.8, 4) is 34.1 Å². The quantitative estimate of drug-likeness (QED) is 0.308. The molecule has 0 aliphatic heterocycles. The Labute approximate surface area is 208 Å². The van der Waals surface area contributed by atoms with Crippen LogP contribution >= 0.6 is 0 Å². The van der Waals surface area contributed by atoms with Gasteiger partial charge in [0.05, 0.1) is 23.6 Å². The number of ether oxygens (including phenoxy) is 2. The number of nitrogens with two attached hydrogens (primary N) is 1. The highest BCUT2D eigenvalue weighted by atomic mass is 16.5. The van der Waals surface area contributed by atoms with Crippen molar-refractivity contribution in [2.75, 3.05) is 18.2 Å². The maximum absolute atomic E-state index is 6.05. The van der Waals surface area contributed by atoms with Crippen molar-refractivity contribution in [1.82, 2.24) is 25.1 Å². The molecule has 0 bridgehead atoms. The Kier molecular flexibility index (Phi) is 6.72. The molecule has 0 unspecified atom stereocenters. The third-order valence-electron chi connectivity index (χ3n) is 5.30. The Morgan fingerprint density at radius 3 is 2.44 bits per heavy atom. The lowest BCUT2D eigenvalue weighted by atomic mass is 10.1. The highest BCUT2D eigenvalue weighted by Crippen LogP contribution is 2.31. The number of nitrogens with one attached hydrogen (secondary N) is 1. The molecule has 2 aromatic carbocycles. The summed E-state index contributed by atoms with van der Waals surface area (Å²) in [5.74, 6) is 1.84. The van der Waals surface area contributed by atoms with Gasteiger partial charge < -0.3 is 20.5 Å². The van der Waals surface area contributed by atoms with E-state index in [0.29, 0.717) is 35.3 Å². The van der Waals surface area contributed by atoms with E-state index in [9.17, 15) is 0 Å². The Morgan fingerprint density at radius 1 is 0.833 bits per heavy atom. The van der Waals surface area contributed by atoms with E-state index in [2.05, 4.69) is 30.5 Å². The Hall–Kier alpha value is -4.89. The maximum atomic E-state index is 6.05. The first-order chi connectivity index (χ1) is 17.7. The fourth-order valence-corrected chi connectivity index (χ4v) is 3.60. The first-order valence-corrected chi connectivity index (χ1v) is 11.2. The molecule has 0 saturated carbocycles. The SMILES string of the molecule is COCc1cc(-c2ccccc2)nnc1Nc1ccc(Oc2ncccc2-c2ccnc(N)n2)cc1. The lowest BCUT2D eigenvalue weighted by Gasteiger charge is -2.13. The molecule has 0 fully saturated rings. The van der Waals surface area contributed by atoms with Crippen molar-refractivity contribution in [2.45, 2.75) is 6.61 Å². The molecule has 9 nitrogen and oxygen atoms in total. The van der Waals surface area contributed by atoms with Crippen LogP contribution in [0.25, 0.3) is 22.5 Å². The smallest absolute Gasteiger partial charge is 0.228 e. The number of rotatable bonds is 8. The van der Waals surface area contributed by atoms with Gasteiger partial charge in [0, 0.05) is 36.3 Å². The highest BCUT2D eigenvalue weighted by molar-refractivity contribution is 5.67. The zero-order chi connectivity index (χ0) is 24.7. The van der Waals surface area contributed by atoms with Crippen LogP contribution in [0, 0.1) is 0 Å². The van der Waals surface area contributed by atoms with E-state index in [0.717, 1.165) is 22.5 Å². The highest BCUT2D eigenvalue weighted by Gasteiger charge is 2.12. The summed E-state index contributed by atoms with van der Waals surface area (Å²) in [6.07, 6.45) is 3.26. The van der Waals surface area contributed by atoms with E-state index >= 15 is 0 Å². The molecular weight excluding hydrogens is 454 g/mol. The van der Waals surface area contributed by atoms with E-state index in [1.165, 1.54) is 0 Å². The zero-order valence-corrected chi connectivity index (χ0v) is 19.5. The molecule has 0 atom stereocenters. The number of pyridine rings is 1. The maximum Gasteiger partial charge on any atom is 0.228 e. The average molecular weight is 478 g/mol. The van der Waals surface area contributed by atoms with Crippen molar-refractivity contribution in [3.63, 3.8) is 0 Å². The van der Waals surface area contributed by atoms with Crippen molar-refractivity contribution in [2.24, 2.45) is 0 Å². The predicted molar refractivity (Wildman–Crippen MR) is 138 cm³/mol. The standard InChI is InChI=1S/C27H23N7O2/c1-35-17-19-16-24(18-6-3-2-4-7-18)33-34-25(19)31-20-9-11-21(12-10-20)36-26-22(8-5-14-29-26)23-13-15-30-27(28)32-23/h2-16H,17H2,1H3,(H,31,34)(H2,28,30,32). The number of anilines is 3. The van der Waals surface area contributed by atoms with Crippen LogP contribution in [0.15, 0.2) is 91.3 Å². The van der Waals surface area contributed by atoms with Gasteiger partial charge in [-0.1, -0.05) is 30.3 Å². The topological polar surface area (TPSA) is 121 Å². The van der Waals surface area contributed by atoms with Gasteiger partial charge in [0.25, 0.3) is 0 Å². The second-order valence-electron chi connectivity index (χ2n) is 7.81. The summed E-state index contributed by atoms with van der Waals surface area (Å²) in [6.45, 7) is 0.398. The van der Waals surface area contributed by atoms with Crippen LogP contribution in [0.1, 0.15) is 5.56 Å². The molecule has 3 aromatic heterocycles. The molecular formula is C27H23N7O2. The summed E-state index contributed by atoms with van der Waals surface area (Å²) in [4.78, 5) is 12.6. The summed E-state index contributed by atoms with van der Waals surface area (Å²) in [5.41, 5.74) is 10.6. The van der Waals surface area contributed by atoms with Gasteiger partial charge in [0.15, 0.2) is 5.82 Å². The second-order valence-corrected chi connectivity index (χ2v) is 7.81. The van der Waals surface area contributed by atoms with E-state index in [4.69, 9.17) is 15.2 Å². The van der Waals surface area contributed by atoms with Gasteiger partial charge in [-0.2, -0.15) is 0 Å². The van der Waals surface area contributed by atoms with Crippen molar-refractivity contribution < 1.29 is 9.47 Å². The average Bonchev–Trinajstić information content (AvgIpc) is 2.92. The first kappa shape index (κ1) is 22.9. The van der Waals surface area contributed by atoms with Crippen molar-refractivity contribution in [1.29, 1.82) is 0 Å². The number of nitrogen functional groups attached to an aromatic ring is 1. The number of hydrogen-bond donors (Lipinski definition) is 2. The molecule has 0 amide bonds. The van der Waals surface area contributed by atoms with Gasteiger partial charge in [0.2, 0.25) is 11.8 Å². The van der Waals surface area contributed by atoms with Crippen molar-refractivity contribution in [3.05, 3.63) is 96.8 Å². The van der Waals surface area contributed by atoms with Crippen LogP contribution in [0.4, 0.5) is 17.5 Å². The lowest BCUT2D eigenvalue weighted by molar-refractivity contribution is 0.185. The molecule has 0 saturated heterocycles. The van der Waals surface area contributed by atoms with Gasteiger partial charge in [-0.05, 0) is 48.5 Å². The molecule has 3 heterocycles. The number of benzene rings is 2. The lowest BCUT2D eigenvalue weighted by Crippen LogP contribution is -2.03. The van der Waals surface area contributed by atoms with Gasteiger partial charge in [-0.25, -0.2) is 15.0 Å². The minimum Gasteiger partial charge on any atom is -0.438 e. The number of hydrogen-bond acceptors (Lipinski definition) is 9. The summed E-state index contributed by atoms with van der Waals surface area (Å²) >= 11 is 0. The molecule has 0 radical (unpaired) electrons.